The third-order valence-electron chi connectivity index (χ3n) is 1.93. The number of nitrogens with zero attached hydrogens (tertiary/aromatic N) is 2. The fourth-order valence-corrected chi connectivity index (χ4v) is 1.20. The molecule has 0 atom stereocenters. The summed E-state index contributed by atoms with van der Waals surface area (Å²) < 4.78 is 17.1. The Hall–Kier alpha value is -2.24. The quantitative estimate of drug-likeness (QED) is 0.851. The van der Waals surface area contributed by atoms with Gasteiger partial charge in [0.15, 0.2) is 5.82 Å². The van der Waals surface area contributed by atoms with Gasteiger partial charge in [0.25, 0.3) is 0 Å². The first-order chi connectivity index (χ1) is 7.65. The summed E-state index contributed by atoms with van der Waals surface area (Å²) in [5.41, 5.74) is 0.777. The van der Waals surface area contributed by atoms with Gasteiger partial charge < -0.3 is 9.63 Å². The number of halogens is 1. The second kappa shape index (κ2) is 4.09. The molecule has 0 aliphatic rings. The number of aromatic carboxylic acids is 1. The third-order valence-corrected chi connectivity index (χ3v) is 1.93. The van der Waals surface area contributed by atoms with Crippen molar-refractivity contribution in [2.24, 2.45) is 0 Å². The minimum Gasteiger partial charge on any atom is -0.474 e. The zero-order chi connectivity index (χ0) is 11.5. The van der Waals surface area contributed by atoms with Crippen molar-refractivity contribution in [3.8, 4) is 0 Å². The minimum absolute atomic E-state index is 0.254. The maximum Gasteiger partial charge on any atom is 0.394 e. The van der Waals surface area contributed by atoms with E-state index in [-0.39, 0.29) is 11.6 Å². The molecule has 0 amide bonds. The molecule has 1 N–H and O–H groups in total. The van der Waals surface area contributed by atoms with Crippen molar-refractivity contribution in [2.45, 2.75) is 6.42 Å². The smallest absolute Gasteiger partial charge is 0.394 e. The first kappa shape index (κ1) is 10.3. The van der Waals surface area contributed by atoms with Crippen LogP contribution in [-0.2, 0) is 6.42 Å². The number of aromatic nitrogens is 2. The fraction of sp³-hybridized carbons (Fsp3) is 0.100. The van der Waals surface area contributed by atoms with E-state index in [0.717, 1.165) is 5.56 Å². The van der Waals surface area contributed by atoms with Crippen LogP contribution in [0.25, 0.3) is 0 Å². The van der Waals surface area contributed by atoms with Crippen molar-refractivity contribution in [2.75, 3.05) is 0 Å². The van der Waals surface area contributed by atoms with Gasteiger partial charge in [-0.15, -0.1) is 0 Å². The molecule has 2 aromatic rings. The number of carbonyl (C=O) groups is 1. The van der Waals surface area contributed by atoms with Gasteiger partial charge in [0, 0.05) is 6.42 Å². The van der Waals surface area contributed by atoms with Crippen LogP contribution in [0.5, 0.6) is 0 Å². The van der Waals surface area contributed by atoms with Gasteiger partial charge in [-0.3, -0.25) is 0 Å². The standard InChI is InChI=1S/C10H7FN2O3/c11-7-3-1-6(2-4-7)5-8-12-9(10(14)15)16-13-8/h1-4H,5H2,(H,14,15). The second-order valence-electron chi connectivity index (χ2n) is 3.12. The van der Waals surface area contributed by atoms with Crippen molar-refractivity contribution in [3.63, 3.8) is 0 Å². The van der Waals surface area contributed by atoms with Crippen molar-refractivity contribution in [3.05, 3.63) is 47.4 Å². The summed E-state index contributed by atoms with van der Waals surface area (Å²) in [6.45, 7) is 0. The zero-order valence-electron chi connectivity index (χ0n) is 8.05. The molecule has 2 rings (SSSR count). The minimum atomic E-state index is -1.27. The van der Waals surface area contributed by atoms with Crippen molar-refractivity contribution < 1.29 is 18.8 Å². The van der Waals surface area contributed by atoms with Crippen molar-refractivity contribution >= 4 is 5.97 Å². The molecule has 0 radical (unpaired) electrons. The molecule has 1 aromatic heterocycles. The number of hydrogen-bond donors (Lipinski definition) is 1. The van der Waals surface area contributed by atoms with Gasteiger partial charge in [0.05, 0.1) is 0 Å². The van der Waals surface area contributed by atoms with Crippen LogP contribution >= 0.6 is 0 Å². The van der Waals surface area contributed by atoms with E-state index < -0.39 is 11.9 Å². The van der Waals surface area contributed by atoms with Crippen molar-refractivity contribution in [1.29, 1.82) is 0 Å². The summed E-state index contributed by atoms with van der Waals surface area (Å²) >= 11 is 0. The highest BCUT2D eigenvalue weighted by molar-refractivity contribution is 5.81. The molecule has 82 valence electrons. The Morgan fingerprint density at radius 1 is 1.38 bits per heavy atom. The van der Waals surface area contributed by atoms with Crippen LogP contribution in [0.2, 0.25) is 0 Å². The SMILES string of the molecule is O=C(O)c1nc(Cc2ccc(F)cc2)no1. The van der Waals surface area contributed by atoms with E-state index in [1.54, 1.807) is 12.1 Å². The Morgan fingerprint density at radius 3 is 2.62 bits per heavy atom. The summed E-state index contributed by atoms with van der Waals surface area (Å²) in [5, 5.41) is 12.0. The van der Waals surface area contributed by atoms with Gasteiger partial charge >= 0.3 is 11.9 Å². The monoisotopic (exact) mass is 222 g/mol. The maximum absolute atomic E-state index is 12.6. The number of hydrogen-bond acceptors (Lipinski definition) is 4. The average Bonchev–Trinajstić information content (AvgIpc) is 2.70. The van der Waals surface area contributed by atoms with Crippen LogP contribution in [0.3, 0.4) is 0 Å². The first-order valence-electron chi connectivity index (χ1n) is 4.45. The number of carboxylic acid groups (broad SMARTS) is 1. The molecule has 6 heteroatoms. The summed E-state index contributed by atoms with van der Waals surface area (Å²) in [4.78, 5) is 14.1. The van der Waals surface area contributed by atoms with E-state index in [4.69, 9.17) is 5.11 Å². The maximum atomic E-state index is 12.6. The van der Waals surface area contributed by atoms with E-state index >= 15 is 0 Å². The largest absolute Gasteiger partial charge is 0.474 e. The van der Waals surface area contributed by atoms with Crippen LogP contribution in [0.15, 0.2) is 28.8 Å². The summed E-state index contributed by atoms with van der Waals surface area (Å²) in [6.07, 6.45) is 0.303. The van der Waals surface area contributed by atoms with Gasteiger partial charge in [0.1, 0.15) is 5.82 Å². The zero-order valence-corrected chi connectivity index (χ0v) is 8.05. The predicted molar refractivity (Wildman–Crippen MR) is 50.5 cm³/mol. The Kier molecular flexibility index (Phi) is 2.63. The lowest BCUT2D eigenvalue weighted by Gasteiger charge is -1.95. The van der Waals surface area contributed by atoms with E-state index in [1.165, 1.54) is 12.1 Å². The number of benzene rings is 1. The molecule has 0 unspecified atom stereocenters. The van der Waals surface area contributed by atoms with E-state index in [1.807, 2.05) is 0 Å². The molecule has 5 nitrogen and oxygen atoms in total. The van der Waals surface area contributed by atoms with Gasteiger partial charge in [-0.25, -0.2) is 9.18 Å². The first-order valence-corrected chi connectivity index (χ1v) is 4.45. The molecule has 0 aliphatic carbocycles. The molecule has 1 aromatic carbocycles. The molecule has 0 saturated carbocycles. The molecule has 0 aliphatic heterocycles. The van der Waals surface area contributed by atoms with Gasteiger partial charge in [0.2, 0.25) is 0 Å². The molecule has 0 spiro atoms. The predicted octanol–water partition coefficient (Wildman–Crippen LogP) is 1.50. The highest BCUT2D eigenvalue weighted by Crippen LogP contribution is 2.08. The van der Waals surface area contributed by atoms with Crippen LogP contribution < -0.4 is 0 Å². The van der Waals surface area contributed by atoms with E-state index in [2.05, 4.69) is 14.7 Å². The lowest BCUT2D eigenvalue weighted by molar-refractivity contribution is 0.0643. The molecular formula is C10H7FN2O3. The number of rotatable bonds is 3. The lowest BCUT2D eigenvalue weighted by Crippen LogP contribution is -1.97. The average molecular weight is 222 g/mol. The third kappa shape index (κ3) is 2.22. The summed E-state index contributed by atoms with van der Waals surface area (Å²) in [6, 6.07) is 5.78. The molecular weight excluding hydrogens is 215 g/mol. The molecule has 1 heterocycles. The van der Waals surface area contributed by atoms with Crippen LogP contribution in [0.4, 0.5) is 4.39 Å². The summed E-state index contributed by atoms with van der Waals surface area (Å²) in [7, 11) is 0. The normalized spacial score (nSPS) is 10.3. The van der Waals surface area contributed by atoms with Crippen LogP contribution in [-0.4, -0.2) is 21.2 Å². The van der Waals surface area contributed by atoms with Crippen LogP contribution in [0.1, 0.15) is 22.1 Å². The summed E-state index contributed by atoms with van der Waals surface area (Å²) in [5.74, 6) is -1.79. The molecule has 16 heavy (non-hydrogen) atoms. The Labute approximate surface area is 89.5 Å². The Morgan fingerprint density at radius 2 is 2.06 bits per heavy atom. The van der Waals surface area contributed by atoms with E-state index in [0.29, 0.717) is 6.42 Å². The highest BCUT2D eigenvalue weighted by atomic mass is 19.1. The molecule has 0 saturated heterocycles. The Bertz CT molecular complexity index is 507. The van der Waals surface area contributed by atoms with Gasteiger partial charge in [-0.05, 0) is 17.7 Å². The molecule has 0 bridgehead atoms. The van der Waals surface area contributed by atoms with Gasteiger partial charge in [-0.2, -0.15) is 4.98 Å². The van der Waals surface area contributed by atoms with Crippen LogP contribution in [0, 0.1) is 5.82 Å². The second-order valence-corrected chi connectivity index (χ2v) is 3.12. The Balaban J connectivity index is 2.14. The highest BCUT2D eigenvalue weighted by Gasteiger charge is 2.13. The lowest BCUT2D eigenvalue weighted by atomic mass is 10.1. The number of carboxylic acids is 1. The molecule has 0 fully saturated rings. The fourth-order valence-electron chi connectivity index (χ4n) is 1.20. The topological polar surface area (TPSA) is 76.2 Å². The van der Waals surface area contributed by atoms with Crippen molar-refractivity contribution in [1.82, 2.24) is 10.1 Å². The van der Waals surface area contributed by atoms with E-state index in [9.17, 15) is 9.18 Å². The van der Waals surface area contributed by atoms with Gasteiger partial charge in [-0.1, -0.05) is 17.3 Å².